The number of carbonyl (C=O) groups is 2. The molecular weight excluding hydrogens is 563 g/mol. The zero-order valence-electron chi connectivity index (χ0n) is 19.9. The summed E-state index contributed by atoms with van der Waals surface area (Å²) in [6.07, 6.45) is 1.73. The van der Waals surface area contributed by atoms with Crippen LogP contribution in [0, 0.1) is 5.82 Å². The molecule has 1 heterocycles. The van der Waals surface area contributed by atoms with Gasteiger partial charge in [-0.3, -0.25) is 9.69 Å². The van der Waals surface area contributed by atoms with Gasteiger partial charge in [0.1, 0.15) is 12.4 Å². The Hall–Kier alpha value is -3.63. The molecular formula is C27H22BrFN2O5S. The van der Waals surface area contributed by atoms with Crippen LogP contribution in [-0.4, -0.2) is 40.7 Å². The molecule has 1 aliphatic rings. The fourth-order valence-electron chi connectivity index (χ4n) is 3.43. The normalized spacial score (nSPS) is 15.5. The number of nitrogens with zero attached hydrogens (tertiary/aromatic N) is 2. The average molecular weight is 585 g/mol. The molecule has 37 heavy (non-hydrogen) atoms. The Kier molecular flexibility index (Phi) is 8.30. The molecule has 1 saturated heterocycles. The summed E-state index contributed by atoms with van der Waals surface area (Å²) in [6.45, 7) is 2.26. The van der Waals surface area contributed by atoms with Crippen LogP contribution in [0.1, 0.15) is 28.4 Å². The molecule has 10 heteroatoms. The summed E-state index contributed by atoms with van der Waals surface area (Å²) in [7, 11) is 1.63. The van der Waals surface area contributed by atoms with Crippen LogP contribution in [0.3, 0.4) is 0 Å². The molecule has 1 N–H and O–H groups in total. The lowest BCUT2D eigenvalue weighted by atomic mass is 10.1. The minimum Gasteiger partial charge on any atom is -0.490 e. The molecule has 0 saturated carbocycles. The lowest BCUT2D eigenvalue weighted by Crippen LogP contribution is -2.23. The van der Waals surface area contributed by atoms with Crippen molar-refractivity contribution in [2.75, 3.05) is 13.7 Å². The Morgan fingerprint density at radius 1 is 1.16 bits per heavy atom. The largest absolute Gasteiger partial charge is 0.490 e. The number of hydrogen-bond acceptors (Lipinski definition) is 6. The first-order valence-electron chi connectivity index (χ1n) is 11.2. The van der Waals surface area contributed by atoms with Crippen molar-refractivity contribution in [2.45, 2.75) is 13.5 Å². The van der Waals surface area contributed by atoms with E-state index in [1.807, 2.05) is 6.92 Å². The Morgan fingerprint density at radius 2 is 1.89 bits per heavy atom. The highest BCUT2D eigenvalue weighted by molar-refractivity contribution is 9.10. The molecule has 1 fully saturated rings. The summed E-state index contributed by atoms with van der Waals surface area (Å²) in [4.78, 5) is 30.3. The van der Waals surface area contributed by atoms with Gasteiger partial charge in [-0.05, 0) is 88.7 Å². The fourth-order valence-corrected chi connectivity index (χ4v) is 4.99. The van der Waals surface area contributed by atoms with Crippen molar-refractivity contribution in [3.63, 3.8) is 0 Å². The second-order valence-corrected chi connectivity index (χ2v) is 9.73. The van der Waals surface area contributed by atoms with Crippen LogP contribution >= 0.6 is 27.7 Å². The van der Waals surface area contributed by atoms with E-state index in [4.69, 9.17) is 14.6 Å². The lowest BCUT2D eigenvalue weighted by Gasteiger charge is -2.15. The van der Waals surface area contributed by atoms with Crippen molar-refractivity contribution >= 4 is 56.5 Å². The first-order valence-corrected chi connectivity index (χ1v) is 12.8. The molecule has 1 aliphatic heterocycles. The van der Waals surface area contributed by atoms with Crippen LogP contribution in [0.2, 0.25) is 0 Å². The molecule has 0 atom stereocenters. The number of amidine groups is 1. The molecule has 0 aromatic heterocycles. The van der Waals surface area contributed by atoms with Crippen LogP contribution < -0.4 is 9.47 Å². The van der Waals surface area contributed by atoms with E-state index in [2.05, 4.69) is 20.9 Å². The Morgan fingerprint density at radius 3 is 2.57 bits per heavy atom. The molecule has 0 aliphatic carbocycles. The fraction of sp³-hybridized carbons (Fsp3) is 0.148. The third-order valence-electron chi connectivity index (χ3n) is 5.30. The first-order chi connectivity index (χ1) is 17.8. The molecule has 0 spiro atoms. The number of carboxylic acids is 1. The third kappa shape index (κ3) is 6.20. The van der Waals surface area contributed by atoms with Crippen LogP contribution in [0.15, 0.2) is 75.0 Å². The number of likely N-dealkylation sites (N-methyl/N-ethyl adjacent to an activating group) is 1. The monoisotopic (exact) mass is 584 g/mol. The van der Waals surface area contributed by atoms with Crippen molar-refractivity contribution in [3.8, 4) is 11.5 Å². The van der Waals surface area contributed by atoms with E-state index in [0.29, 0.717) is 49.5 Å². The minimum atomic E-state index is -1.02. The number of hydrogen-bond donors (Lipinski definition) is 1. The Labute approximate surface area is 225 Å². The van der Waals surface area contributed by atoms with Crippen LogP contribution in [0.25, 0.3) is 6.08 Å². The van der Waals surface area contributed by atoms with Gasteiger partial charge < -0.3 is 14.6 Å². The van der Waals surface area contributed by atoms with Crippen molar-refractivity contribution in [3.05, 3.63) is 92.5 Å². The number of carboxylic acid groups (broad SMARTS) is 1. The molecule has 0 bridgehead atoms. The SMILES string of the molecule is CCOc1cc(C=C2SC(=Nc3ccc(C(=O)O)cc3)N(C)C2=O)cc(Br)c1OCc1ccccc1F. The third-order valence-corrected chi connectivity index (χ3v) is 6.95. The lowest BCUT2D eigenvalue weighted by molar-refractivity contribution is -0.121. The number of thioether (sulfide) groups is 1. The highest BCUT2D eigenvalue weighted by Gasteiger charge is 2.30. The van der Waals surface area contributed by atoms with E-state index in [0.717, 1.165) is 0 Å². The van der Waals surface area contributed by atoms with E-state index in [-0.39, 0.29) is 23.9 Å². The number of benzene rings is 3. The predicted octanol–water partition coefficient (Wildman–Crippen LogP) is 6.50. The zero-order valence-corrected chi connectivity index (χ0v) is 22.3. The number of halogens is 2. The molecule has 0 unspecified atom stereocenters. The molecule has 7 nitrogen and oxygen atoms in total. The van der Waals surface area contributed by atoms with Gasteiger partial charge >= 0.3 is 5.97 Å². The average Bonchev–Trinajstić information content (AvgIpc) is 3.12. The van der Waals surface area contributed by atoms with Gasteiger partial charge in [-0.25, -0.2) is 14.2 Å². The van der Waals surface area contributed by atoms with Crippen LogP contribution in [0.5, 0.6) is 11.5 Å². The predicted molar refractivity (Wildman–Crippen MR) is 145 cm³/mol. The number of ether oxygens (including phenoxy) is 2. The quantitative estimate of drug-likeness (QED) is 0.304. The molecule has 0 radical (unpaired) electrons. The second kappa shape index (κ2) is 11.6. The summed E-state index contributed by atoms with van der Waals surface area (Å²) >= 11 is 4.72. The highest BCUT2D eigenvalue weighted by atomic mass is 79.9. The van der Waals surface area contributed by atoms with E-state index < -0.39 is 5.97 Å². The van der Waals surface area contributed by atoms with Crippen molar-refractivity contribution in [2.24, 2.45) is 4.99 Å². The molecule has 3 aromatic rings. The zero-order chi connectivity index (χ0) is 26.5. The summed E-state index contributed by atoms with van der Waals surface area (Å²) in [6, 6.07) is 16.0. The van der Waals surface area contributed by atoms with E-state index in [9.17, 15) is 14.0 Å². The van der Waals surface area contributed by atoms with Crippen molar-refractivity contribution in [1.82, 2.24) is 4.90 Å². The van der Waals surface area contributed by atoms with E-state index >= 15 is 0 Å². The van der Waals surface area contributed by atoms with Gasteiger partial charge in [0.05, 0.1) is 27.2 Å². The minimum absolute atomic E-state index is 0.0260. The smallest absolute Gasteiger partial charge is 0.335 e. The second-order valence-electron chi connectivity index (χ2n) is 7.86. The number of rotatable bonds is 8. The maximum atomic E-state index is 14.0. The number of aliphatic imine (C=N–C) groups is 1. The van der Waals surface area contributed by atoms with Gasteiger partial charge in [-0.2, -0.15) is 0 Å². The van der Waals surface area contributed by atoms with Gasteiger partial charge in [0, 0.05) is 12.6 Å². The Balaban J connectivity index is 1.58. The molecule has 4 rings (SSSR count). The summed E-state index contributed by atoms with van der Waals surface area (Å²) in [5.74, 6) is -0.708. The van der Waals surface area contributed by atoms with Crippen LogP contribution in [0.4, 0.5) is 10.1 Å². The van der Waals surface area contributed by atoms with E-state index in [1.165, 1.54) is 34.9 Å². The molecule has 190 valence electrons. The maximum Gasteiger partial charge on any atom is 0.335 e. The molecule has 1 amide bonds. The number of carbonyl (C=O) groups excluding carboxylic acids is 1. The summed E-state index contributed by atoms with van der Waals surface area (Å²) in [5, 5.41) is 9.53. The number of aromatic carboxylic acids is 1. The maximum absolute atomic E-state index is 14.0. The summed E-state index contributed by atoms with van der Waals surface area (Å²) < 4.78 is 26.3. The van der Waals surface area contributed by atoms with Gasteiger partial charge in [-0.15, -0.1) is 0 Å². The summed E-state index contributed by atoms with van der Waals surface area (Å²) in [5.41, 5.74) is 1.81. The van der Waals surface area contributed by atoms with Crippen LogP contribution in [-0.2, 0) is 11.4 Å². The molecule has 3 aromatic carbocycles. The standard InChI is InChI=1S/C27H22BrFN2O5S/c1-3-35-22-13-16(12-20(28)24(22)36-15-18-6-4-5-7-21(18)29)14-23-25(32)31(2)27(37-23)30-19-10-8-17(9-11-19)26(33)34/h4-14H,3,15H2,1-2H3,(H,33,34). The van der Waals surface area contributed by atoms with Gasteiger partial charge in [0.25, 0.3) is 5.91 Å². The van der Waals surface area contributed by atoms with Gasteiger partial charge in [-0.1, -0.05) is 18.2 Å². The van der Waals surface area contributed by atoms with Crippen molar-refractivity contribution in [1.29, 1.82) is 0 Å². The first kappa shape index (κ1) is 26.4. The van der Waals surface area contributed by atoms with E-state index in [1.54, 1.807) is 55.6 Å². The van der Waals surface area contributed by atoms with Gasteiger partial charge in [0.2, 0.25) is 0 Å². The van der Waals surface area contributed by atoms with Gasteiger partial charge in [0.15, 0.2) is 16.7 Å². The Bertz CT molecular complexity index is 1410. The highest BCUT2D eigenvalue weighted by Crippen LogP contribution is 2.40. The number of amides is 1. The topological polar surface area (TPSA) is 88.4 Å². The van der Waals surface area contributed by atoms with Crippen molar-refractivity contribution < 1.29 is 28.6 Å².